The molecule has 0 bridgehead atoms. The van der Waals surface area contributed by atoms with Crippen molar-refractivity contribution in [2.45, 2.75) is 26.4 Å². The molecule has 1 atom stereocenters. The van der Waals surface area contributed by atoms with Gasteiger partial charge in [0, 0.05) is 13.0 Å². The number of ether oxygens (including phenoxy) is 1. The third kappa shape index (κ3) is 2.32. The predicted molar refractivity (Wildman–Crippen MR) is 62.4 cm³/mol. The average molecular weight is 205 g/mol. The third-order valence-corrected chi connectivity index (χ3v) is 3.07. The van der Waals surface area contributed by atoms with E-state index in [2.05, 4.69) is 36.9 Å². The summed E-state index contributed by atoms with van der Waals surface area (Å²) in [6, 6.07) is 8.36. The molecule has 0 saturated carbocycles. The van der Waals surface area contributed by atoms with Crippen LogP contribution < -0.4 is 4.74 Å². The zero-order valence-corrected chi connectivity index (χ0v) is 9.57. The largest absolute Gasteiger partial charge is 0.488 e. The summed E-state index contributed by atoms with van der Waals surface area (Å²) in [5.74, 6) is 1.08. The van der Waals surface area contributed by atoms with Crippen LogP contribution in [0.2, 0.25) is 0 Å². The molecule has 0 aromatic heterocycles. The minimum atomic E-state index is 0.349. The molecular weight excluding hydrogens is 186 g/mol. The van der Waals surface area contributed by atoms with E-state index in [9.17, 15) is 0 Å². The van der Waals surface area contributed by atoms with Crippen molar-refractivity contribution in [2.75, 3.05) is 19.6 Å². The van der Waals surface area contributed by atoms with E-state index in [4.69, 9.17) is 4.74 Å². The van der Waals surface area contributed by atoms with Crippen molar-refractivity contribution in [3.8, 4) is 5.75 Å². The van der Waals surface area contributed by atoms with Crippen LogP contribution in [0.5, 0.6) is 5.75 Å². The summed E-state index contributed by atoms with van der Waals surface area (Å²) in [5, 5.41) is 0. The summed E-state index contributed by atoms with van der Waals surface area (Å²) in [6.07, 6.45) is 1.41. The summed E-state index contributed by atoms with van der Waals surface area (Å²) in [5.41, 5.74) is 1.36. The maximum atomic E-state index is 5.90. The minimum Gasteiger partial charge on any atom is -0.488 e. The molecule has 2 nitrogen and oxygen atoms in total. The second-order valence-electron chi connectivity index (χ2n) is 4.04. The van der Waals surface area contributed by atoms with Crippen LogP contribution >= 0.6 is 0 Å². The van der Waals surface area contributed by atoms with Gasteiger partial charge in [0.15, 0.2) is 0 Å². The number of para-hydroxylation sites is 1. The first kappa shape index (κ1) is 10.5. The number of rotatable bonds is 4. The van der Waals surface area contributed by atoms with Crippen LogP contribution in [0.4, 0.5) is 0 Å². The Morgan fingerprint density at radius 1 is 1.27 bits per heavy atom. The Kier molecular flexibility index (Phi) is 3.27. The molecule has 0 saturated heterocycles. The first-order valence-corrected chi connectivity index (χ1v) is 5.80. The monoisotopic (exact) mass is 205 g/mol. The lowest BCUT2D eigenvalue weighted by Crippen LogP contribution is -2.34. The smallest absolute Gasteiger partial charge is 0.123 e. The molecule has 1 unspecified atom stereocenters. The fourth-order valence-corrected chi connectivity index (χ4v) is 2.13. The van der Waals surface area contributed by atoms with Crippen LogP contribution in [0.15, 0.2) is 24.3 Å². The number of benzene rings is 1. The molecule has 0 amide bonds. The zero-order chi connectivity index (χ0) is 10.7. The normalized spacial score (nSPS) is 19.0. The lowest BCUT2D eigenvalue weighted by atomic mass is 10.1. The number of nitrogens with zero attached hydrogens (tertiary/aromatic N) is 1. The lowest BCUT2D eigenvalue weighted by Gasteiger charge is -2.21. The minimum absolute atomic E-state index is 0.349. The lowest BCUT2D eigenvalue weighted by molar-refractivity contribution is 0.158. The number of fused-ring (bicyclic) bond motifs is 1. The van der Waals surface area contributed by atoms with Gasteiger partial charge >= 0.3 is 0 Å². The van der Waals surface area contributed by atoms with Gasteiger partial charge in [-0.3, -0.25) is 0 Å². The molecule has 2 heteroatoms. The molecular formula is C13H19NO. The van der Waals surface area contributed by atoms with Crippen LogP contribution in [0, 0.1) is 0 Å². The van der Waals surface area contributed by atoms with Crippen LogP contribution in [0.1, 0.15) is 19.4 Å². The van der Waals surface area contributed by atoms with Gasteiger partial charge in [0.05, 0.1) is 0 Å². The van der Waals surface area contributed by atoms with Crippen molar-refractivity contribution >= 4 is 0 Å². The quantitative estimate of drug-likeness (QED) is 0.748. The fraction of sp³-hybridized carbons (Fsp3) is 0.538. The first-order chi connectivity index (χ1) is 7.33. The Labute approximate surface area is 91.9 Å². The van der Waals surface area contributed by atoms with Gasteiger partial charge in [-0.2, -0.15) is 0 Å². The Hall–Kier alpha value is -1.02. The van der Waals surface area contributed by atoms with E-state index in [1.165, 1.54) is 5.56 Å². The summed E-state index contributed by atoms with van der Waals surface area (Å²) >= 11 is 0. The molecule has 1 aliphatic rings. The second kappa shape index (κ2) is 4.67. The van der Waals surface area contributed by atoms with Crippen molar-refractivity contribution in [1.29, 1.82) is 0 Å². The van der Waals surface area contributed by atoms with E-state index in [1.54, 1.807) is 0 Å². The zero-order valence-electron chi connectivity index (χ0n) is 9.57. The molecule has 0 spiro atoms. The Morgan fingerprint density at radius 2 is 2.00 bits per heavy atom. The van der Waals surface area contributed by atoms with Gasteiger partial charge in [0.2, 0.25) is 0 Å². The van der Waals surface area contributed by atoms with Crippen LogP contribution in [0.25, 0.3) is 0 Å². The fourth-order valence-electron chi connectivity index (χ4n) is 2.13. The topological polar surface area (TPSA) is 12.5 Å². The van der Waals surface area contributed by atoms with Crippen molar-refractivity contribution in [2.24, 2.45) is 0 Å². The summed E-state index contributed by atoms with van der Waals surface area (Å²) in [4.78, 5) is 2.41. The highest BCUT2D eigenvalue weighted by Crippen LogP contribution is 2.28. The summed E-state index contributed by atoms with van der Waals surface area (Å²) < 4.78 is 5.90. The molecule has 1 aromatic rings. The standard InChI is InChI=1S/C13H19NO/c1-3-14(4-2)10-12-9-11-7-5-6-8-13(11)15-12/h5-8,12H,3-4,9-10H2,1-2H3. The number of hydrogen-bond donors (Lipinski definition) is 0. The van der Waals surface area contributed by atoms with E-state index >= 15 is 0 Å². The van der Waals surface area contributed by atoms with E-state index in [1.807, 2.05) is 6.07 Å². The van der Waals surface area contributed by atoms with Crippen molar-refractivity contribution in [3.63, 3.8) is 0 Å². The molecule has 1 aromatic carbocycles. The molecule has 1 heterocycles. The molecule has 0 fully saturated rings. The van der Waals surface area contributed by atoms with Gasteiger partial charge < -0.3 is 9.64 Å². The molecule has 0 N–H and O–H groups in total. The van der Waals surface area contributed by atoms with Crippen LogP contribution in [-0.2, 0) is 6.42 Å². The highest BCUT2D eigenvalue weighted by atomic mass is 16.5. The number of hydrogen-bond acceptors (Lipinski definition) is 2. The molecule has 0 radical (unpaired) electrons. The van der Waals surface area contributed by atoms with Crippen molar-refractivity contribution in [1.82, 2.24) is 4.90 Å². The highest BCUT2D eigenvalue weighted by Gasteiger charge is 2.23. The van der Waals surface area contributed by atoms with E-state index in [0.29, 0.717) is 6.10 Å². The van der Waals surface area contributed by atoms with Crippen molar-refractivity contribution in [3.05, 3.63) is 29.8 Å². The van der Waals surface area contributed by atoms with E-state index in [0.717, 1.165) is 31.8 Å². The molecule has 2 rings (SSSR count). The molecule has 82 valence electrons. The molecule has 15 heavy (non-hydrogen) atoms. The first-order valence-electron chi connectivity index (χ1n) is 5.80. The maximum absolute atomic E-state index is 5.90. The predicted octanol–water partition coefficient (Wildman–Crippen LogP) is 2.33. The number of likely N-dealkylation sites (N-methyl/N-ethyl adjacent to an activating group) is 1. The maximum Gasteiger partial charge on any atom is 0.123 e. The van der Waals surface area contributed by atoms with E-state index in [-0.39, 0.29) is 0 Å². The van der Waals surface area contributed by atoms with Gasteiger partial charge in [-0.05, 0) is 24.7 Å². The molecule has 0 aliphatic carbocycles. The van der Waals surface area contributed by atoms with Gasteiger partial charge in [-0.15, -0.1) is 0 Å². The average Bonchev–Trinajstić information content (AvgIpc) is 2.68. The molecule has 1 aliphatic heterocycles. The van der Waals surface area contributed by atoms with Gasteiger partial charge in [-0.25, -0.2) is 0 Å². The SMILES string of the molecule is CCN(CC)CC1Cc2ccccc2O1. The Morgan fingerprint density at radius 3 is 2.67 bits per heavy atom. The third-order valence-electron chi connectivity index (χ3n) is 3.07. The van der Waals surface area contributed by atoms with Gasteiger partial charge in [-0.1, -0.05) is 32.0 Å². The van der Waals surface area contributed by atoms with Crippen LogP contribution in [0.3, 0.4) is 0 Å². The Balaban J connectivity index is 1.95. The van der Waals surface area contributed by atoms with Crippen LogP contribution in [-0.4, -0.2) is 30.6 Å². The highest BCUT2D eigenvalue weighted by molar-refractivity contribution is 5.37. The van der Waals surface area contributed by atoms with Gasteiger partial charge in [0.1, 0.15) is 11.9 Å². The summed E-state index contributed by atoms with van der Waals surface area (Å²) in [6.45, 7) is 7.65. The Bertz CT molecular complexity index is 295. The van der Waals surface area contributed by atoms with E-state index < -0.39 is 0 Å². The van der Waals surface area contributed by atoms with Crippen molar-refractivity contribution < 1.29 is 4.74 Å². The second-order valence-corrected chi connectivity index (χ2v) is 4.04. The summed E-state index contributed by atoms with van der Waals surface area (Å²) in [7, 11) is 0. The van der Waals surface area contributed by atoms with Gasteiger partial charge in [0.25, 0.3) is 0 Å².